The molecule has 0 aliphatic heterocycles. The molecule has 0 unspecified atom stereocenters. The number of sulfone groups is 1. The van der Waals surface area contributed by atoms with E-state index in [1.54, 1.807) is 18.2 Å². The number of nitrogens with zero attached hydrogens (tertiary/aromatic N) is 1. The van der Waals surface area contributed by atoms with E-state index in [0.29, 0.717) is 5.56 Å². The quantitative estimate of drug-likeness (QED) is 0.373. The van der Waals surface area contributed by atoms with E-state index in [-0.39, 0.29) is 53.9 Å². The molecule has 2 rings (SSSR count). The fourth-order valence-electron chi connectivity index (χ4n) is 2.48. The van der Waals surface area contributed by atoms with Crippen molar-refractivity contribution in [3.8, 4) is 0 Å². The molecular formula is C18H20FN3O5S. The van der Waals surface area contributed by atoms with Gasteiger partial charge in [0.25, 0.3) is 5.69 Å². The number of carbonyl (C=O) groups is 1. The second-order valence-corrected chi connectivity index (χ2v) is 8.09. The fraction of sp³-hybridized carbons (Fsp3) is 0.278. The Morgan fingerprint density at radius 1 is 1.18 bits per heavy atom. The van der Waals surface area contributed by atoms with Gasteiger partial charge in [0, 0.05) is 31.8 Å². The molecule has 28 heavy (non-hydrogen) atoms. The number of anilines is 1. The van der Waals surface area contributed by atoms with Crippen LogP contribution in [0.3, 0.4) is 0 Å². The number of nitro groups is 1. The van der Waals surface area contributed by atoms with Crippen LogP contribution in [0.15, 0.2) is 47.4 Å². The van der Waals surface area contributed by atoms with Gasteiger partial charge in [-0.15, -0.1) is 0 Å². The van der Waals surface area contributed by atoms with Gasteiger partial charge in [-0.3, -0.25) is 14.9 Å². The molecule has 1 amide bonds. The lowest BCUT2D eigenvalue weighted by Crippen LogP contribution is -2.29. The summed E-state index contributed by atoms with van der Waals surface area (Å²) in [4.78, 5) is 22.2. The second-order valence-electron chi connectivity index (χ2n) is 6.08. The Hall–Kier alpha value is -3.01. The molecule has 0 spiro atoms. The summed E-state index contributed by atoms with van der Waals surface area (Å²) in [5.41, 5.74) is 0.240. The van der Waals surface area contributed by atoms with Gasteiger partial charge >= 0.3 is 0 Å². The predicted octanol–water partition coefficient (Wildman–Crippen LogP) is 2.30. The predicted molar refractivity (Wildman–Crippen MR) is 102 cm³/mol. The molecule has 2 aromatic carbocycles. The Bertz CT molecular complexity index is 979. The summed E-state index contributed by atoms with van der Waals surface area (Å²) < 4.78 is 36.6. The summed E-state index contributed by atoms with van der Waals surface area (Å²) in [7, 11) is -3.56. The van der Waals surface area contributed by atoms with Crippen LogP contribution in [0.25, 0.3) is 0 Å². The second kappa shape index (κ2) is 9.27. The fourth-order valence-corrected chi connectivity index (χ4v) is 3.12. The van der Waals surface area contributed by atoms with Crippen LogP contribution in [0, 0.1) is 15.9 Å². The number of nitrogens with one attached hydrogen (secondary N) is 2. The largest absolute Gasteiger partial charge is 0.378 e. The zero-order chi connectivity index (χ0) is 20.7. The smallest absolute Gasteiger partial charge is 0.293 e. The molecule has 8 nitrogen and oxygen atoms in total. The average Bonchev–Trinajstić information content (AvgIpc) is 2.63. The number of aryl methyl sites for hydroxylation is 1. The summed E-state index contributed by atoms with van der Waals surface area (Å²) in [5.74, 6) is -0.631. The first-order valence-electron chi connectivity index (χ1n) is 8.41. The number of hydrogen-bond acceptors (Lipinski definition) is 6. The van der Waals surface area contributed by atoms with Crippen molar-refractivity contribution in [2.24, 2.45) is 0 Å². The monoisotopic (exact) mass is 409 g/mol. The number of rotatable bonds is 9. The number of amides is 1. The topological polar surface area (TPSA) is 118 Å². The number of halogens is 1. The Morgan fingerprint density at radius 3 is 2.54 bits per heavy atom. The van der Waals surface area contributed by atoms with Crippen molar-refractivity contribution in [1.82, 2.24) is 5.32 Å². The molecule has 0 bridgehead atoms. The summed E-state index contributed by atoms with van der Waals surface area (Å²) >= 11 is 0. The lowest BCUT2D eigenvalue weighted by atomic mass is 10.1. The van der Waals surface area contributed by atoms with Crippen molar-refractivity contribution < 1.29 is 22.5 Å². The Balaban J connectivity index is 1.85. The van der Waals surface area contributed by atoms with Gasteiger partial charge in [-0.25, -0.2) is 12.8 Å². The van der Waals surface area contributed by atoms with Gasteiger partial charge in [0.05, 0.1) is 9.82 Å². The van der Waals surface area contributed by atoms with Crippen molar-refractivity contribution >= 4 is 27.1 Å². The summed E-state index contributed by atoms with van der Waals surface area (Å²) in [6.07, 6.45) is 1.35. The minimum atomic E-state index is -3.56. The third kappa shape index (κ3) is 6.02. The Labute approximate surface area is 161 Å². The van der Waals surface area contributed by atoms with Crippen molar-refractivity contribution in [2.75, 3.05) is 24.7 Å². The van der Waals surface area contributed by atoms with Crippen molar-refractivity contribution in [2.45, 2.75) is 17.7 Å². The number of nitro benzene ring substituents is 1. The molecule has 0 aromatic heterocycles. The summed E-state index contributed by atoms with van der Waals surface area (Å²) in [6, 6.07) is 9.80. The maximum atomic E-state index is 13.5. The van der Waals surface area contributed by atoms with E-state index in [0.717, 1.165) is 12.3 Å². The van der Waals surface area contributed by atoms with Crippen LogP contribution in [0.5, 0.6) is 0 Å². The van der Waals surface area contributed by atoms with Crippen LogP contribution in [0.1, 0.15) is 12.0 Å². The minimum absolute atomic E-state index is 0.115. The van der Waals surface area contributed by atoms with E-state index in [4.69, 9.17) is 0 Å². The zero-order valence-corrected chi connectivity index (χ0v) is 16.0. The molecule has 10 heteroatoms. The van der Waals surface area contributed by atoms with Crippen LogP contribution >= 0.6 is 0 Å². The Morgan fingerprint density at radius 2 is 1.89 bits per heavy atom. The van der Waals surface area contributed by atoms with Gasteiger partial charge in [-0.1, -0.05) is 18.2 Å². The number of carbonyl (C=O) groups excluding carboxylic acids is 1. The van der Waals surface area contributed by atoms with Gasteiger partial charge in [0.15, 0.2) is 9.84 Å². The Kier molecular flexibility index (Phi) is 7.05. The molecule has 0 aliphatic carbocycles. The van der Waals surface area contributed by atoms with E-state index in [2.05, 4.69) is 10.6 Å². The van der Waals surface area contributed by atoms with Crippen LogP contribution in [0.2, 0.25) is 0 Å². The van der Waals surface area contributed by atoms with E-state index in [1.807, 2.05) is 0 Å². The van der Waals surface area contributed by atoms with Gasteiger partial charge < -0.3 is 10.6 Å². The maximum Gasteiger partial charge on any atom is 0.293 e. The van der Waals surface area contributed by atoms with Crippen LogP contribution in [0.4, 0.5) is 15.8 Å². The van der Waals surface area contributed by atoms with Gasteiger partial charge in [0.2, 0.25) is 5.91 Å². The first-order valence-corrected chi connectivity index (χ1v) is 10.3. The highest BCUT2D eigenvalue weighted by atomic mass is 32.2. The number of hydrogen-bond donors (Lipinski definition) is 2. The van der Waals surface area contributed by atoms with Crippen molar-refractivity contribution in [3.63, 3.8) is 0 Å². The zero-order valence-electron chi connectivity index (χ0n) is 15.1. The minimum Gasteiger partial charge on any atom is -0.378 e. The van der Waals surface area contributed by atoms with Gasteiger partial charge in [-0.05, 0) is 30.2 Å². The van der Waals surface area contributed by atoms with E-state index in [9.17, 15) is 27.7 Å². The summed E-state index contributed by atoms with van der Waals surface area (Å²) in [6.45, 7) is 0.394. The summed E-state index contributed by atoms with van der Waals surface area (Å²) in [5, 5.41) is 16.6. The van der Waals surface area contributed by atoms with E-state index >= 15 is 0 Å². The molecule has 150 valence electrons. The molecule has 0 aliphatic rings. The molecule has 0 radical (unpaired) electrons. The molecule has 0 atom stereocenters. The molecule has 0 fully saturated rings. The van der Waals surface area contributed by atoms with Crippen LogP contribution in [-0.4, -0.2) is 38.6 Å². The maximum absolute atomic E-state index is 13.5. The molecule has 2 aromatic rings. The average molecular weight is 409 g/mol. The SMILES string of the molecule is CS(=O)(=O)c1ccc(NCCNC(=O)CCc2ccccc2F)c([N+](=O)[O-])c1. The first-order chi connectivity index (χ1) is 13.2. The molecule has 0 saturated carbocycles. The van der Waals surface area contributed by atoms with Crippen molar-refractivity contribution in [1.29, 1.82) is 0 Å². The third-order valence-electron chi connectivity index (χ3n) is 3.94. The van der Waals surface area contributed by atoms with E-state index < -0.39 is 14.8 Å². The molecular weight excluding hydrogens is 389 g/mol. The van der Waals surface area contributed by atoms with E-state index in [1.165, 1.54) is 18.2 Å². The van der Waals surface area contributed by atoms with Crippen LogP contribution < -0.4 is 10.6 Å². The molecule has 0 heterocycles. The number of benzene rings is 2. The highest BCUT2D eigenvalue weighted by Gasteiger charge is 2.18. The van der Waals surface area contributed by atoms with Gasteiger partial charge in [0.1, 0.15) is 11.5 Å². The lowest BCUT2D eigenvalue weighted by Gasteiger charge is -2.09. The highest BCUT2D eigenvalue weighted by Crippen LogP contribution is 2.27. The van der Waals surface area contributed by atoms with Crippen LogP contribution in [-0.2, 0) is 21.1 Å². The van der Waals surface area contributed by atoms with Gasteiger partial charge in [-0.2, -0.15) is 0 Å². The first kappa shape index (κ1) is 21.3. The molecule has 2 N–H and O–H groups in total. The van der Waals surface area contributed by atoms with Crippen molar-refractivity contribution in [3.05, 3.63) is 64.0 Å². The normalized spacial score (nSPS) is 11.1. The molecule has 0 saturated heterocycles. The standard InChI is InChI=1S/C18H20FN3O5S/c1-28(26,27)14-7-8-16(17(12-14)22(24)25)20-10-11-21-18(23)9-6-13-4-2-3-5-15(13)19/h2-5,7-8,12,20H,6,9-11H2,1H3,(H,21,23). The highest BCUT2D eigenvalue weighted by molar-refractivity contribution is 7.90. The lowest BCUT2D eigenvalue weighted by molar-refractivity contribution is -0.384. The third-order valence-corrected chi connectivity index (χ3v) is 5.05.